The van der Waals surface area contributed by atoms with Gasteiger partial charge in [-0.1, -0.05) is 48.0 Å². The maximum absolute atomic E-state index is 8.90. The zero-order valence-corrected chi connectivity index (χ0v) is 15.3. The molecule has 0 aliphatic heterocycles. The maximum atomic E-state index is 8.90. The van der Waals surface area contributed by atoms with E-state index in [1.807, 2.05) is 16.8 Å². The zero-order chi connectivity index (χ0) is 18.4. The lowest BCUT2D eigenvalue weighted by atomic mass is 10.1. The molecule has 0 aliphatic carbocycles. The summed E-state index contributed by atoms with van der Waals surface area (Å²) in [6, 6.07) is 17.8. The van der Waals surface area contributed by atoms with E-state index >= 15 is 0 Å². The van der Waals surface area contributed by atoms with Gasteiger partial charge in [0, 0.05) is 10.9 Å². The summed E-state index contributed by atoms with van der Waals surface area (Å²) in [5, 5.41) is 15.6. The fourth-order valence-corrected chi connectivity index (χ4v) is 3.20. The van der Waals surface area contributed by atoms with Crippen LogP contribution in [0.2, 0.25) is 0 Å². The minimum absolute atomic E-state index is 0.542. The van der Waals surface area contributed by atoms with Crippen LogP contribution >= 0.6 is 11.3 Å². The van der Waals surface area contributed by atoms with Crippen LogP contribution in [0.4, 0.5) is 0 Å². The molecule has 0 atom stereocenters. The Hall–Kier alpha value is -3.23. The van der Waals surface area contributed by atoms with Gasteiger partial charge in [-0.15, -0.1) is 17.9 Å². The molecule has 0 spiro atoms. The highest BCUT2D eigenvalue weighted by Crippen LogP contribution is 2.20. The van der Waals surface area contributed by atoms with Gasteiger partial charge < -0.3 is 0 Å². The molecular weight excluding hydrogens is 340 g/mol. The van der Waals surface area contributed by atoms with Gasteiger partial charge in [0.15, 0.2) is 0 Å². The van der Waals surface area contributed by atoms with Crippen molar-refractivity contribution < 1.29 is 0 Å². The summed E-state index contributed by atoms with van der Waals surface area (Å²) in [4.78, 5) is 5.35. The lowest BCUT2D eigenvalue weighted by molar-refractivity contribution is 0.840. The summed E-state index contributed by atoms with van der Waals surface area (Å²) in [6.07, 6.45) is 3.54. The summed E-state index contributed by atoms with van der Waals surface area (Å²) >= 11 is 1.55. The molecule has 128 valence electrons. The van der Waals surface area contributed by atoms with E-state index in [0.29, 0.717) is 12.1 Å². The number of rotatable bonds is 5. The van der Waals surface area contributed by atoms with Crippen molar-refractivity contribution in [3.8, 4) is 17.3 Å². The van der Waals surface area contributed by atoms with Gasteiger partial charge in [0.2, 0.25) is 4.80 Å². The molecule has 0 unspecified atom stereocenters. The Labute approximate surface area is 156 Å². The average molecular weight is 358 g/mol. The van der Waals surface area contributed by atoms with E-state index in [9.17, 15) is 0 Å². The second-order valence-corrected chi connectivity index (χ2v) is 6.53. The maximum Gasteiger partial charge on any atom is 0.206 e. The van der Waals surface area contributed by atoms with Crippen molar-refractivity contribution in [2.75, 3.05) is 6.54 Å². The fourth-order valence-electron chi connectivity index (χ4n) is 2.35. The van der Waals surface area contributed by atoms with Crippen LogP contribution in [0.25, 0.3) is 11.3 Å². The van der Waals surface area contributed by atoms with E-state index in [4.69, 9.17) is 5.26 Å². The van der Waals surface area contributed by atoms with E-state index in [1.165, 1.54) is 5.56 Å². The predicted octanol–water partition coefficient (Wildman–Crippen LogP) is 4.37. The van der Waals surface area contributed by atoms with Crippen LogP contribution in [0, 0.1) is 18.3 Å². The van der Waals surface area contributed by atoms with Crippen LogP contribution in [0.3, 0.4) is 0 Å². The Kier molecular flexibility index (Phi) is 5.57. The van der Waals surface area contributed by atoms with Gasteiger partial charge in [-0.05, 0) is 24.6 Å². The van der Waals surface area contributed by atoms with E-state index in [-0.39, 0.29) is 0 Å². The van der Waals surface area contributed by atoms with Crippen molar-refractivity contribution in [1.82, 2.24) is 4.68 Å². The molecule has 0 fully saturated rings. The molecule has 5 heteroatoms. The normalized spacial score (nSPS) is 11.6. The average Bonchev–Trinajstić information content (AvgIpc) is 3.08. The number of benzene rings is 2. The van der Waals surface area contributed by atoms with Gasteiger partial charge in [-0.25, -0.2) is 4.68 Å². The van der Waals surface area contributed by atoms with Crippen molar-refractivity contribution in [3.05, 3.63) is 88.1 Å². The molecule has 0 N–H and O–H groups in total. The number of nitrogens with zero attached hydrogens (tertiary/aromatic N) is 4. The first-order valence-corrected chi connectivity index (χ1v) is 9.02. The van der Waals surface area contributed by atoms with Crippen molar-refractivity contribution in [2.24, 2.45) is 10.1 Å². The second kappa shape index (κ2) is 8.24. The molecule has 26 heavy (non-hydrogen) atoms. The Morgan fingerprint density at radius 1 is 1.15 bits per heavy atom. The minimum Gasteiger partial charge on any atom is -0.253 e. The van der Waals surface area contributed by atoms with Crippen LogP contribution < -0.4 is 4.80 Å². The highest BCUT2D eigenvalue weighted by Gasteiger charge is 2.07. The first kappa shape index (κ1) is 17.6. The number of aromatic nitrogens is 1. The lowest BCUT2D eigenvalue weighted by Crippen LogP contribution is -2.12. The topological polar surface area (TPSA) is 53.4 Å². The molecule has 0 aliphatic rings. The molecule has 1 heterocycles. The second-order valence-electron chi connectivity index (χ2n) is 5.69. The monoisotopic (exact) mass is 358 g/mol. The Morgan fingerprint density at radius 2 is 1.88 bits per heavy atom. The third kappa shape index (κ3) is 4.05. The minimum atomic E-state index is 0.542. The molecule has 3 rings (SSSR count). The Bertz CT molecular complexity index is 1030. The van der Waals surface area contributed by atoms with E-state index in [0.717, 1.165) is 21.6 Å². The van der Waals surface area contributed by atoms with E-state index in [2.05, 4.69) is 59.3 Å². The first-order chi connectivity index (χ1) is 12.7. The number of nitriles is 1. The molecular formula is C21H18N4S. The summed E-state index contributed by atoms with van der Waals surface area (Å²) in [5.74, 6) is 0. The molecule has 0 amide bonds. The summed E-state index contributed by atoms with van der Waals surface area (Å²) in [5.41, 5.74) is 4.85. The van der Waals surface area contributed by atoms with Crippen LogP contribution in [-0.2, 0) is 0 Å². The highest BCUT2D eigenvalue weighted by atomic mass is 32.1. The summed E-state index contributed by atoms with van der Waals surface area (Å²) < 4.78 is 1.84. The molecule has 1 aromatic heterocycles. The number of hydrogen-bond donors (Lipinski definition) is 0. The molecule has 0 radical (unpaired) electrons. The highest BCUT2D eigenvalue weighted by molar-refractivity contribution is 7.07. The number of aryl methyl sites for hydroxylation is 1. The van der Waals surface area contributed by atoms with Gasteiger partial charge in [-0.3, -0.25) is 4.99 Å². The smallest absolute Gasteiger partial charge is 0.206 e. The predicted molar refractivity (Wildman–Crippen MR) is 107 cm³/mol. The van der Waals surface area contributed by atoms with Crippen molar-refractivity contribution in [2.45, 2.75) is 6.92 Å². The van der Waals surface area contributed by atoms with Gasteiger partial charge in [0.1, 0.15) is 0 Å². The molecule has 2 aromatic carbocycles. The van der Waals surface area contributed by atoms with Crippen molar-refractivity contribution in [3.63, 3.8) is 0 Å². The molecule has 0 bridgehead atoms. The van der Waals surface area contributed by atoms with Crippen LogP contribution in [0.5, 0.6) is 0 Å². The zero-order valence-electron chi connectivity index (χ0n) is 14.5. The van der Waals surface area contributed by atoms with Gasteiger partial charge in [-0.2, -0.15) is 10.4 Å². The SMILES string of the molecule is C=CCN=c1scc(-c2ccc(C)cc2)n1N=Cc1ccc(C#N)cc1. The fraction of sp³-hybridized carbons (Fsp3) is 0.0952. The van der Waals surface area contributed by atoms with Crippen LogP contribution in [0.15, 0.2) is 76.7 Å². The molecule has 0 saturated heterocycles. The summed E-state index contributed by atoms with van der Waals surface area (Å²) in [7, 11) is 0. The van der Waals surface area contributed by atoms with Crippen LogP contribution in [0.1, 0.15) is 16.7 Å². The third-order valence-corrected chi connectivity index (χ3v) is 4.60. The molecule has 0 saturated carbocycles. The molecule has 4 nitrogen and oxygen atoms in total. The summed E-state index contributed by atoms with van der Waals surface area (Å²) in [6.45, 7) is 6.34. The van der Waals surface area contributed by atoms with E-state index < -0.39 is 0 Å². The van der Waals surface area contributed by atoms with Crippen molar-refractivity contribution >= 4 is 17.6 Å². The first-order valence-electron chi connectivity index (χ1n) is 8.15. The van der Waals surface area contributed by atoms with Gasteiger partial charge in [0.25, 0.3) is 0 Å². The van der Waals surface area contributed by atoms with Crippen molar-refractivity contribution in [1.29, 1.82) is 5.26 Å². The third-order valence-electron chi connectivity index (χ3n) is 3.75. The van der Waals surface area contributed by atoms with Crippen LogP contribution in [-0.4, -0.2) is 17.4 Å². The molecule has 3 aromatic rings. The number of thiazole rings is 1. The number of hydrogen-bond acceptors (Lipinski definition) is 4. The quantitative estimate of drug-likeness (QED) is 0.494. The van der Waals surface area contributed by atoms with Gasteiger partial charge >= 0.3 is 0 Å². The largest absolute Gasteiger partial charge is 0.253 e. The Morgan fingerprint density at radius 3 is 2.54 bits per heavy atom. The Balaban J connectivity index is 2.03. The lowest BCUT2D eigenvalue weighted by Gasteiger charge is -2.04. The standard InChI is InChI=1S/C21H18N4S/c1-3-12-23-21-25(24-14-18-8-6-17(13-22)7-9-18)20(15-26-21)19-10-4-16(2)5-11-19/h3-11,14-15H,1,12H2,2H3. The van der Waals surface area contributed by atoms with E-state index in [1.54, 1.807) is 35.8 Å². The van der Waals surface area contributed by atoms with Gasteiger partial charge in [0.05, 0.1) is 30.1 Å².